The second-order valence-electron chi connectivity index (χ2n) is 12.3. The van der Waals surface area contributed by atoms with E-state index in [9.17, 15) is 9.90 Å². The number of carbonyl (C=O) groups excluding carboxylic acids is 1. The summed E-state index contributed by atoms with van der Waals surface area (Å²) >= 11 is 0. The van der Waals surface area contributed by atoms with E-state index in [1.54, 1.807) is 0 Å². The van der Waals surface area contributed by atoms with Crippen LogP contribution in [-0.4, -0.2) is 41.1 Å². The average Bonchev–Trinajstić information content (AvgIpc) is 3.06. The second-order valence-corrected chi connectivity index (χ2v) is 12.3. The van der Waals surface area contributed by atoms with Crippen LogP contribution < -0.4 is 5.32 Å². The Balaban J connectivity index is 1.36. The SMILES string of the molecule is CC(=O)Nc1ccc([C@@H]2O[C@H](CN3CC4(C)CC3CC(C)(C)C4)C[C@H](c3ccc(CO)cc3)O2)cc1. The molecule has 2 saturated heterocycles. The monoisotopic (exact) mass is 492 g/mol. The van der Waals surface area contributed by atoms with Crippen molar-refractivity contribution >= 4 is 11.6 Å². The van der Waals surface area contributed by atoms with Crippen molar-refractivity contribution in [1.82, 2.24) is 4.90 Å². The van der Waals surface area contributed by atoms with E-state index in [0.717, 1.165) is 41.9 Å². The Kier molecular flexibility index (Phi) is 6.98. The fraction of sp³-hybridized carbons (Fsp3) is 0.567. The van der Waals surface area contributed by atoms with Crippen molar-refractivity contribution in [1.29, 1.82) is 0 Å². The van der Waals surface area contributed by atoms with Crippen LogP contribution in [-0.2, 0) is 20.9 Å². The van der Waals surface area contributed by atoms with E-state index in [-0.39, 0.29) is 24.7 Å². The van der Waals surface area contributed by atoms with Gasteiger partial charge in [-0.05, 0) is 53.4 Å². The fourth-order valence-corrected chi connectivity index (χ4v) is 7.01. The van der Waals surface area contributed by atoms with Crippen LogP contribution in [0, 0.1) is 10.8 Å². The lowest BCUT2D eigenvalue weighted by atomic mass is 9.65. The van der Waals surface area contributed by atoms with E-state index >= 15 is 0 Å². The predicted molar refractivity (Wildman–Crippen MR) is 140 cm³/mol. The molecule has 0 aromatic heterocycles. The molecular formula is C30H40N2O4. The maximum absolute atomic E-state index is 11.4. The summed E-state index contributed by atoms with van der Waals surface area (Å²) in [7, 11) is 0. The number of carbonyl (C=O) groups is 1. The van der Waals surface area contributed by atoms with Gasteiger partial charge >= 0.3 is 0 Å². The lowest BCUT2D eigenvalue weighted by Crippen LogP contribution is -2.42. The van der Waals surface area contributed by atoms with Crippen LogP contribution >= 0.6 is 0 Å². The molecule has 36 heavy (non-hydrogen) atoms. The van der Waals surface area contributed by atoms with Crippen LogP contribution in [0.5, 0.6) is 0 Å². The summed E-state index contributed by atoms with van der Waals surface area (Å²) in [6.45, 7) is 10.9. The molecule has 2 unspecified atom stereocenters. The number of aliphatic hydroxyl groups is 1. The quantitative estimate of drug-likeness (QED) is 0.551. The van der Waals surface area contributed by atoms with Gasteiger partial charge in [-0.3, -0.25) is 9.69 Å². The zero-order valence-electron chi connectivity index (χ0n) is 22.0. The molecule has 2 bridgehead atoms. The predicted octanol–water partition coefficient (Wildman–Crippen LogP) is 5.58. The number of anilines is 1. The molecule has 2 aliphatic heterocycles. The van der Waals surface area contributed by atoms with Gasteiger partial charge in [0.1, 0.15) is 0 Å². The minimum absolute atomic E-state index is 0.0340. The zero-order chi connectivity index (χ0) is 25.5. The van der Waals surface area contributed by atoms with Gasteiger partial charge in [0.05, 0.1) is 18.8 Å². The Morgan fingerprint density at radius 1 is 1.03 bits per heavy atom. The molecule has 2 aromatic carbocycles. The summed E-state index contributed by atoms with van der Waals surface area (Å²) in [5.74, 6) is -0.0907. The first kappa shape index (κ1) is 25.4. The lowest BCUT2D eigenvalue weighted by molar-refractivity contribution is -0.253. The topological polar surface area (TPSA) is 71.0 Å². The molecule has 5 atom stereocenters. The van der Waals surface area contributed by atoms with Gasteiger partial charge in [0, 0.05) is 43.7 Å². The molecule has 194 valence electrons. The third-order valence-electron chi connectivity index (χ3n) is 8.08. The number of aliphatic hydroxyl groups excluding tert-OH is 1. The Morgan fingerprint density at radius 2 is 1.72 bits per heavy atom. The Morgan fingerprint density at radius 3 is 2.39 bits per heavy atom. The van der Waals surface area contributed by atoms with Gasteiger partial charge in [-0.2, -0.15) is 0 Å². The molecule has 2 heterocycles. The molecule has 0 radical (unpaired) electrons. The molecule has 0 spiro atoms. The van der Waals surface area contributed by atoms with E-state index in [4.69, 9.17) is 9.47 Å². The number of rotatable bonds is 6. The molecule has 3 aliphatic rings. The van der Waals surface area contributed by atoms with Gasteiger partial charge in [0.2, 0.25) is 5.91 Å². The number of benzene rings is 2. The number of hydrogen-bond donors (Lipinski definition) is 2. The smallest absolute Gasteiger partial charge is 0.221 e. The van der Waals surface area contributed by atoms with E-state index in [1.807, 2.05) is 36.4 Å². The first-order valence-corrected chi connectivity index (χ1v) is 13.2. The van der Waals surface area contributed by atoms with Crippen LogP contribution in [0.4, 0.5) is 5.69 Å². The summed E-state index contributed by atoms with van der Waals surface area (Å²) < 4.78 is 13.1. The number of fused-ring (bicyclic) bond motifs is 2. The highest BCUT2D eigenvalue weighted by Crippen LogP contribution is 2.53. The van der Waals surface area contributed by atoms with Crippen molar-refractivity contribution in [2.75, 3.05) is 18.4 Å². The minimum atomic E-state index is -0.480. The molecular weight excluding hydrogens is 452 g/mol. The van der Waals surface area contributed by atoms with Crippen molar-refractivity contribution < 1.29 is 19.4 Å². The van der Waals surface area contributed by atoms with Crippen LogP contribution in [0.15, 0.2) is 48.5 Å². The molecule has 6 heteroatoms. The number of hydrogen-bond acceptors (Lipinski definition) is 5. The van der Waals surface area contributed by atoms with Gasteiger partial charge in [0.25, 0.3) is 0 Å². The van der Waals surface area contributed by atoms with Crippen molar-refractivity contribution in [2.45, 2.75) is 84.5 Å². The van der Waals surface area contributed by atoms with Crippen LogP contribution in [0.25, 0.3) is 0 Å². The zero-order valence-corrected chi connectivity index (χ0v) is 22.0. The summed E-state index contributed by atoms with van der Waals surface area (Å²) in [4.78, 5) is 14.1. The molecule has 1 saturated carbocycles. The molecule has 6 nitrogen and oxygen atoms in total. The lowest BCUT2D eigenvalue weighted by Gasteiger charge is -2.41. The summed E-state index contributed by atoms with van der Waals surface area (Å²) in [5, 5.41) is 12.3. The van der Waals surface area contributed by atoms with Gasteiger partial charge in [0.15, 0.2) is 6.29 Å². The summed E-state index contributed by atoms with van der Waals surface area (Å²) in [6, 6.07) is 16.4. The highest BCUT2D eigenvalue weighted by atomic mass is 16.7. The van der Waals surface area contributed by atoms with Crippen molar-refractivity contribution in [3.63, 3.8) is 0 Å². The molecule has 1 amide bonds. The van der Waals surface area contributed by atoms with E-state index in [0.29, 0.717) is 16.9 Å². The van der Waals surface area contributed by atoms with Crippen LogP contribution in [0.1, 0.15) is 82.5 Å². The van der Waals surface area contributed by atoms with Crippen molar-refractivity contribution in [2.24, 2.45) is 10.8 Å². The Hall–Kier alpha value is -2.25. The first-order chi connectivity index (χ1) is 17.1. The normalized spacial score (nSPS) is 31.8. The van der Waals surface area contributed by atoms with Gasteiger partial charge in [-0.1, -0.05) is 57.2 Å². The minimum Gasteiger partial charge on any atom is -0.392 e. The molecule has 2 N–H and O–H groups in total. The number of nitrogens with one attached hydrogen (secondary N) is 1. The molecule has 5 rings (SSSR count). The molecule has 1 aliphatic carbocycles. The molecule has 3 fully saturated rings. The number of nitrogens with zero attached hydrogens (tertiary/aromatic N) is 1. The van der Waals surface area contributed by atoms with E-state index in [2.05, 4.69) is 43.1 Å². The number of ether oxygens (including phenoxy) is 2. The third kappa shape index (κ3) is 5.67. The third-order valence-corrected chi connectivity index (χ3v) is 8.08. The standard InChI is InChI=1S/C30H40N2O4/c1-20(34)31-24-11-9-23(10-12-24)28-35-26(13-27(36-28)22-7-5-21(17-33)6-8-22)16-32-19-30(4)15-25(32)14-29(2,3)18-30/h5-12,25-28,33H,13-19H2,1-4H3,(H,31,34)/t25?,26-,27+,28+,30?/m0/s1. The fourth-order valence-electron chi connectivity index (χ4n) is 7.01. The van der Waals surface area contributed by atoms with Crippen molar-refractivity contribution in [3.8, 4) is 0 Å². The van der Waals surface area contributed by atoms with E-state index in [1.165, 1.54) is 26.2 Å². The second kappa shape index (κ2) is 9.90. The van der Waals surface area contributed by atoms with Gasteiger partial charge < -0.3 is 19.9 Å². The van der Waals surface area contributed by atoms with Crippen molar-refractivity contribution in [3.05, 3.63) is 65.2 Å². The highest BCUT2D eigenvalue weighted by molar-refractivity contribution is 5.88. The maximum Gasteiger partial charge on any atom is 0.221 e. The summed E-state index contributed by atoms with van der Waals surface area (Å²) in [5.41, 5.74) is 4.48. The molecule has 2 aromatic rings. The average molecular weight is 493 g/mol. The number of likely N-dealkylation sites (tertiary alicyclic amines) is 1. The largest absolute Gasteiger partial charge is 0.392 e. The van der Waals surface area contributed by atoms with Gasteiger partial charge in [-0.25, -0.2) is 0 Å². The Labute approximate surface area is 215 Å². The number of amides is 1. The van der Waals surface area contributed by atoms with Gasteiger partial charge in [-0.15, -0.1) is 0 Å². The highest BCUT2D eigenvalue weighted by Gasteiger charge is 2.50. The first-order valence-electron chi connectivity index (χ1n) is 13.2. The van der Waals surface area contributed by atoms with E-state index < -0.39 is 6.29 Å². The Bertz CT molecular complexity index is 1070. The van der Waals surface area contributed by atoms with Crippen LogP contribution in [0.2, 0.25) is 0 Å². The summed E-state index contributed by atoms with van der Waals surface area (Å²) in [6.07, 6.45) is 4.07. The maximum atomic E-state index is 11.4. The van der Waals surface area contributed by atoms with Crippen LogP contribution in [0.3, 0.4) is 0 Å².